The van der Waals surface area contributed by atoms with Gasteiger partial charge in [-0.05, 0) is 23.8 Å². The fourth-order valence-electron chi connectivity index (χ4n) is 3.23. The normalized spacial score (nSPS) is 20.7. The molecule has 1 atom stereocenters. The van der Waals surface area contributed by atoms with Crippen LogP contribution in [0.25, 0.3) is 0 Å². The van der Waals surface area contributed by atoms with E-state index in [9.17, 15) is 4.79 Å². The van der Waals surface area contributed by atoms with Crippen molar-refractivity contribution in [3.63, 3.8) is 0 Å². The van der Waals surface area contributed by atoms with Gasteiger partial charge in [0.2, 0.25) is 5.91 Å². The lowest BCUT2D eigenvalue weighted by atomic mass is 9.97. The first-order chi connectivity index (χ1) is 12.5. The topological polar surface area (TPSA) is 64.8 Å². The van der Waals surface area contributed by atoms with Gasteiger partial charge in [-0.2, -0.15) is 0 Å². The lowest BCUT2D eigenvalue weighted by molar-refractivity contribution is -0.148. The molecule has 26 heavy (non-hydrogen) atoms. The number of benzene rings is 2. The average molecular weight is 375 g/mol. The van der Waals surface area contributed by atoms with E-state index in [-0.39, 0.29) is 13.0 Å². The summed E-state index contributed by atoms with van der Waals surface area (Å²) in [4.78, 5) is 13.9. The number of hydrogen-bond acceptors (Lipinski definition) is 4. The summed E-state index contributed by atoms with van der Waals surface area (Å²) < 4.78 is 11.9. The van der Waals surface area contributed by atoms with E-state index in [1.807, 2.05) is 30.3 Å². The zero-order valence-electron chi connectivity index (χ0n) is 14.6. The van der Waals surface area contributed by atoms with Crippen LogP contribution in [0.5, 0.6) is 5.75 Å². The molecule has 2 N–H and O–H groups in total. The van der Waals surface area contributed by atoms with Gasteiger partial charge in [-0.15, -0.1) is 0 Å². The quantitative estimate of drug-likeness (QED) is 0.809. The van der Waals surface area contributed by atoms with Crippen LogP contribution in [0.2, 0.25) is 5.02 Å². The van der Waals surface area contributed by atoms with E-state index in [1.54, 1.807) is 12.1 Å². The van der Waals surface area contributed by atoms with Crippen LogP contribution in [-0.2, 0) is 16.1 Å². The molecule has 1 heterocycles. The molecule has 138 valence electrons. The molecule has 1 amide bonds. The number of primary amides is 1. The zero-order valence-corrected chi connectivity index (χ0v) is 15.3. The monoisotopic (exact) mass is 374 g/mol. The molecule has 0 bridgehead atoms. The lowest BCUT2D eigenvalue weighted by Gasteiger charge is -2.42. The number of rotatable bonds is 7. The third kappa shape index (κ3) is 5.21. The molecule has 2 aromatic carbocycles. The molecule has 2 aromatic rings. The number of ether oxygens (including phenoxy) is 2. The smallest absolute Gasteiger partial charge is 0.220 e. The molecule has 1 fully saturated rings. The van der Waals surface area contributed by atoms with Crippen molar-refractivity contribution in [1.29, 1.82) is 0 Å². The molecular formula is C20H23ClN2O3. The molecule has 6 heteroatoms. The number of halogens is 1. The van der Waals surface area contributed by atoms with Crippen LogP contribution < -0.4 is 10.5 Å². The Morgan fingerprint density at radius 1 is 1.23 bits per heavy atom. The van der Waals surface area contributed by atoms with Gasteiger partial charge in [0, 0.05) is 24.7 Å². The number of carbonyl (C=O) groups is 1. The summed E-state index contributed by atoms with van der Waals surface area (Å²) in [6.45, 7) is 2.93. The number of nitrogens with zero attached hydrogens (tertiary/aromatic N) is 1. The van der Waals surface area contributed by atoms with Crippen molar-refractivity contribution in [2.24, 2.45) is 5.73 Å². The van der Waals surface area contributed by atoms with Crippen LogP contribution in [0.3, 0.4) is 0 Å². The van der Waals surface area contributed by atoms with Crippen molar-refractivity contribution in [3.8, 4) is 5.75 Å². The zero-order chi connectivity index (χ0) is 18.4. The van der Waals surface area contributed by atoms with Crippen molar-refractivity contribution >= 4 is 17.5 Å². The van der Waals surface area contributed by atoms with E-state index in [0.717, 1.165) is 13.1 Å². The van der Waals surface area contributed by atoms with E-state index in [2.05, 4.69) is 17.0 Å². The number of morpholine rings is 1. The molecule has 0 aliphatic carbocycles. The van der Waals surface area contributed by atoms with Crippen LogP contribution in [0.15, 0.2) is 54.6 Å². The van der Waals surface area contributed by atoms with Gasteiger partial charge in [-0.25, -0.2) is 0 Å². The minimum Gasteiger partial charge on any atom is -0.490 e. The molecule has 0 saturated carbocycles. The van der Waals surface area contributed by atoms with Gasteiger partial charge in [-0.1, -0.05) is 48.0 Å². The lowest BCUT2D eigenvalue weighted by Crippen LogP contribution is -2.56. The van der Waals surface area contributed by atoms with E-state index >= 15 is 0 Å². The van der Waals surface area contributed by atoms with Crippen molar-refractivity contribution in [2.75, 3.05) is 26.3 Å². The predicted octanol–water partition coefficient (Wildman–Crippen LogP) is 2.87. The van der Waals surface area contributed by atoms with Crippen LogP contribution in [0.1, 0.15) is 12.0 Å². The first-order valence-corrected chi connectivity index (χ1v) is 8.99. The number of hydrogen-bond donors (Lipinski definition) is 1. The van der Waals surface area contributed by atoms with Crippen molar-refractivity contribution < 1.29 is 14.3 Å². The minimum absolute atomic E-state index is 0.110. The van der Waals surface area contributed by atoms with Crippen molar-refractivity contribution in [2.45, 2.75) is 18.6 Å². The number of nitrogens with two attached hydrogens (primary N) is 1. The highest BCUT2D eigenvalue weighted by molar-refractivity contribution is 6.30. The summed E-state index contributed by atoms with van der Waals surface area (Å²) in [6, 6.07) is 17.4. The first-order valence-electron chi connectivity index (χ1n) is 8.62. The van der Waals surface area contributed by atoms with E-state index in [4.69, 9.17) is 26.8 Å². The molecule has 3 rings (SSSR count). The Balaban J connectivity index is 1.70. The van der Waals surface area contributed by atoms with Gasteiger partial charge < -0.3 is 15.2 Å². The van der Waals surface area contributed by atoms with Crippen molar-refractivity contribution in [3.05, 3.63) is 65.2 Å². The SMILES string of the molecule is NC(=O)C[C@@]1(COc2cccc(Cl)c2)CN(Cc2ccccc2)CCO1. The molecule has 1 aliphatic rings. The third-order valence-corrected chi connectivity index (χ3v) is 4.61. The van der Waals surface area contributed by atoms with E-state index in [1.165, 1.54) is 5.56 Å². The van der Waals surface area contributed by atoms with Gasteiger partial charge in [0.25, 0.3) is 0 Å². The fourth-order valence-corrected chi connectivity index (χ4v) is 3.41. The molecule has 0 unspecified atom stereocenters. The Hall–Kier alpha value is -2.08. The Labute approximate surface area is 158 Å². The highest BCUT2D eigenvalue weighted by atomic mass is 35.5. The molecule has 0 spiro atoms. The van der Waals surface area contributed by atoms with Crippen LogP contribution in [0.4, 0.5) is 0 Å². The molecule has 0 radical (unpaired) electrons. The maximum Gasteiger partial charge on any atom is 0.220 e. The van der Waals surface area contributed by atoms with Gasteiger partial charge >= 0.3 is 0 Å². The summed E-state index contributed by atoms with van der Waals surface area (Å²) in [5.74, 6) is 0.242. The molecule has 1 aliphatic heterocycles. The molecule has 1 saturated heterocycles. The fraction of sp³-hybridized carbons (Fsp3) is 0.350. The average Bonchev–Trinajstić information content (AvgIpc) is 2.61. The maximum absolute atomic E-state index is 11.7. The minimum atomic E-state index is -0.763. The largest absolute Gasteiger partial charge is 0.490 e. The van der Waals surface area contributed by atoms with Crippen LogP contribution in [0, 0.1) is 0 Å². The first kappa shape index (κ1) is 18.7. The van der Waals surface area contributed by atoms with Gasteiger partial charge in [0.05, 0.1) is 13.0 Å². The highest BCUT2D eigenvalue weighted by Crippen LogP contribution is 2.26. The van der Waals surface area contributed by atoms with E-state index < -0.39 is 11.5 Å². The summed E-state index contributed by atoms with van der Waals surface area (Å²) in [5, 5.41) is 0.599. The third-order valence-electron chi connectivity index (χ3n) is 4.37. The molecule has 0 aromatic heterocycles. The summed E-state index contributed by atoms with van der Waals surface area (Å²) in [7, 11) is 0. The Morgan fingerprint density at radius 2 is 2.04 bits per heavy atom. The molecular weight excluding hydrogens is 352 g/mol. The molecule has 5 nitrogen and oxygen atoms in total. The second kappa shape index (κ2) is 8.54. The Bertz CT molecular complexity index is 741. The maximum atomic E-state index is 11.7. The van der Waals surface area contributed by atoms with Gasteiger partial charge in [0.1, 0.15) is 18.0 Å². The second-order valence-electron chi connectivity index (χ2n) is 6.62. The van der Waals surface area contributed by atoms with Crippen LogP contribution in [-0.4, -0.2) is 42.7 Å². The predicted molar refractivity (Wildman–Crippen MR) is 101 cm³/mol. The summed E-state index contributed by atoms with van der Waals surface area (Å²) in [6.07, 6.45) is 0.110. The highest BCUT2D eigenvalue weighted by Gasteiger charge is 2.39. The summed E-state index contributed by atoms with van der Waals surface area (Å²) >= 11 is 6.01. The number of carbonyl (C=O) groups excluding carboxylic acids is 1. The van der Waals surface area contributed by atoms with Crippen LogP contribution >= 0.6 is 11.6 Å². The van der Waals surface area contributed by atoms with Gasteiger partial charge in [-0.3, -0.25) is 9.69 Å². The Kier molecular flexibility index (Phi) is 6.14. The van der Waals surface area contributed by atoms with Crippen molar-refractivity contribution in [1.82, 2.24) is 4.90 Å². The van der Waals surface area contributed by atoms with E-state index in [0.29, 0.717) is 23.9 Å². The van der Waals surface area contributed by atoms with Gasteiger partial charge in [0.15, 0.2) is 0 Å². The summed E-state index contributed by atoms with van der Waals surface area (Å²) in [5.41, 5.74) is 5.94. The standard InChI is InChI=1S/C20H23ClN2O3/c21-17-7-4-8-18(11-17)25-15-20(12-19(22)24)14-23(9-10-26-20)13-16-5-2-1-3-6-16/h1-8,11H,9-10,12-15H2,(H2,22,24)/t20-/m0/s1. The number of amides is 1. The second-order valence-corrected chi connectivity index (χ2v) is 7.05. The Morgan fingerprint density at radius 3 is 2.77 bits per heavy atom.